The van der Waals surface area contributed by atoms with Crippen LogP contribution in [0.25, 0.3) is 16.3 Å². The lowest BCUT2D eigenvalue weighted by atomic mass is 9.90. The summed E-state index contributed by atoms with van der Waals surface area (Å²) in [6.45, 7) is 0.551. The summed E-state index contributed by atoms with van der Waals surface area (Å²) in [7, 11) is 0. The third kappa shape index (κ3) is 3.91. The first-order valence-corrected chi connectivity index (χ1v) is 11.9. The van der Waals surface area contributed by atoms with Crippen LogP contribution >= 0.6 is 0 Å². The lowest BCUT2D eigenvalue weighted by Crippen LogP contribution is -2.01. The molecule has 5 aromatic carbocycles. The van der Waals surface area contributed by atoms with E-state index in [1.165, 1.54) is 49.7 Å². The molecule has 0 bridgehead atoms. The SMILES string of the molecule is c1ccc(COc2ccc3ccccc3c2C2=C(Cc3ccccc3)Cc3ccccc32)cc1. The van der Waals surface area contributed by atoms with Crippen molar-refractivity contribution in [2.24, 2.45) is 0 Å². The molecule has 0 atom stereocenters. The molecule has 0 amide bonds. The molecular formula is C33H26O. The summed E-state index contributed by atoms with van der Waals surface area (Å²) >= 11 is 0. The lowest BCUT2D eigenvalue weighted by Gasteiger charge is -2.18. The van der Waals surface area contributed by atoms with Gasteiger partial charge in [0.15, 0.2) is 0 Å². The van der Waals surface area contributed by atoms with Crippen LogP contribution in [0, 0.1) is 0 Å². The molecule has 34 heavy (non-hydrogen) atoms. The van der Waals surface area contributed by atoms with E-state index in [1.54, 1.807) is 0 Å². The van der Waals surface area contributed by atoms with Crippen molar-refractivity contribution >= 4 is 16.3 Å². The van der Waals surface area contributed by atoms with Gasteiger partial charge in [0, 0.05) is 5.56 Å². The maximum absolute atomic E-state index is 6.52. The summed E-state index contributed by atoms with van der Waals surface area (Å²) in [5.41, 5.74) is 9.24. The van der Waals surface area contributed by atoms with E-state index in [1.807, 2.05) is 6.07 Å². The summed E-state index contributed by atoms with van der Waals surface area (Å²) in [5.74, 6) is 0.944. The highest BCUT2D eigenvalue weighted by Gasteiger charge is 2.26. The largest absolute Gasteiger partial charge is 0.488 e. The van der Waals surface area contributed by atoms with Crippen LogP contribution in [0.3, 0.4) is 0 Å². The number of benzene rings is 5. The van der Waals surface area contributed by atoms with Crippen molar-refractivity contribution in [2.45, 2.75) is 19.4 Å². The van der Waals surface area contributed by atoms with E-state index in [0.717, 1.165) is 18.6 Å². The molecule has 1 aliphatic rings. The number of hydrogen-bond acceptors (Lipinski definition) is 1. The fraction of sp³-hybridized carbons (Fsp3) is 0.0909. The minimum absolute atomic E-state index is 0.551. The zero-order valence-corrected chi connectivity index (χ0v) is 19.1. The van der Waals surface area contributed by atoms with E-state index < -0.39 is 0 Å². The molecule has 0 saturated carbocycles. The highest BCUT2D eigenvalue weighted by molar-refractivity contribution is 6.02. The molecule has 0 saturated heterocycles. The van der Waals surface area contributed by atoms with Crippen LogP contribution in [0.5, 0.6) is 5.75 Å². The fourth-order valence-electron chi connectivity index (χ4n) is 5.10. The number of allylic oxidation sites excluding steroid dienone is 1. The molecule has 0 unspecified atom stereocenters. The summed E-state index contributed by atoms with van der Waals surface area (Å²) in [5, 5.41) is 2.48. The summed E-state index contributed by atoms with van der Waals surface area (Å²) in [6.07, 6.45) is 1.91. The first-order valence-electron chi connectivity index (χ1n) is 11.9. The average Bonchev–Trinajstić information content (AvgIpc) is 3.25. The topological polar surface area (TPSA) is 9.23 Å². The van der Waals surface area contributed by atoms with E-state index in [-0.39, 0.29) is 0 Å². The first-order chi connectivity index (χ1) is 16.9. The maximum Gasteiger partial charge on any atom is 0.128 e. The van der Waals surface area contributed by atoms with Gasteiger partial charge in [-0.25, -0.2) is 0 Å². The van der Waals surface area contributed by atoms with Gasteiger partial charge in [-0.3, -0.25) is 0 Å². The number of fused-ring (bicyclic) bond motifs is 2. The standard InChI is InChI=1S/C33H26O/c1-3-11-24(12-4-1)21-28-22-27-16-8-10-18-30(27)32(28)33-29-17-9-7-15-26(29)19-20-31(33)34-23-25-13-5-2-6-14-25/h1-20H,21-23H2. The van der Waals surface area contributed by atoms with Crippen LogP contribution in [-0.2, 0) is 19.4 Å². The third-order valence-corrected chi connectivity index (χ3v) is 6.68. The van der Waals surface area contributed by atoms with E-state index >= 15 is 0 Å². The Labute approximate surface area is 201 Å². The van der Waals surface area contributed by atoms with E-state index in [0.29, 0.717) is 6.61 Å². The van der Waals surface area contributed by atoms with Crippen molar-refractivity contribution in [3.05, 3.63) is 155 Å². The Morgan fingerprint density at radius 3 is 2.09 bits per heavy atom. The normalized spacial score (nSPS) is 12.7. The molecule has 6 rings (SSSR count). The Bertz CT molecular complexity index is 1480. The van der Waals surface area contributed by atoms with Gasteiger partial charge < -0.3 is 4.74 Å². The Balaban J connectivity index is 1.53. The molecule has 1 nitrogen and oxygen atoms in total. The smallest absolute Gasteiger partial charge is 0.128 e. The number of ether oxygens (including phenoxy) is 1. The van der Waals surface area contributed by atoms with Crippen LogP contribution in [0.4, 0.5) is 0 Å². The minimum atomic E-state index is 0.551. The first kappa shape index (κ1) is 20.5. The Hall–Kier alpha value is -4.10. The molecule has 1 aliphatic carbocycles. The van der Waals surface area contributed by atoms with Crippen LogP contribution < -0.4 is 4.74 Å². The van der Waals surface area contributed by atoms with Crippen molar-refractivity contribution in [3.8, 4) is 5.75 Å². The second-order valence-electron chi connectivity index (χ2n) is 8.91. The van der Waals surface area contributed by atoms with Crippen LogP contribution in [-0.4, -0.2) is 0 Å². The molecule has 1 heteroatoms. The van der Waals surface area contributed by atoms with Crippen molar-refractivity contribution in [2.75, 3.05) is 0 Å². The molecule has 5 aromatic rings. The average molecular weight is 439 g/mol. The lowest BCUT2D eigenvalue weighted by molar-refractivity contribution is 0.306. The van der Waals surface area contributed by atoms with Gasteiger partial charge in [0.2, 0.25) is 0 Å². The van der Waals surface area contributed by atoms with Crippen molar-refractivity contribution in [3.63, 3.8) is 0 Å². The van der Waals surface area contributed by atoms with E-state index in [4.69, 9.17) is 4.74 Å². The van der Waals surface area contributed by atoms with Gasteiger partial charge in [-0.05, 0) is 57.5 Å². The van der Waals surface area contributed by atoms with Gasteiger partial charge in [0.25, 0.3) is 0 Å². The number of rotatable bonds is 6. The molecule has 0 aromatic heterocycles. The Morgan fingerprint density at radius 1 is 0.588 bits per heavy atom. The molecule has 0 spiro atoms. The van der Waals surface area contributed by atoms with Crippen molar-refractivity contribution in [1.82, 2.24) is 0 Å². The molecule has 0 fully saturated rings. The van der Waals surface area contributed by atoms with Gasteiger partial charge in [0.05, 0.1) is 0 Å². The quantitative estimate of drug-likeness (QED) is 0.261. The predicted octanol–water partition coefficient (Wildman–Crippen LogP) is 8.02. The van der Waals surface area contributed by atoms with Crippen LogP contribution in [0.1, 0.15) is 27.8 Å². The monoisotopic (exact) mass is 438 g/mol. The van der Waals surface area contributed by atoms with Gasteiger partial charge in [-0.1, -0.05) is 121 Å². The van der Waals surface area contributed by atoms with Gasteiger partial charge in [0.1, 0.15) is 12.4 Å². The highest BCUT2D eigenvalue weighted by atomic mass is 16.5. The molecule has 0 radical (unpaired) electrons. The zero-order valence-electron chi connectivity index (χ0n) is 19.1. The molecule has 0 aliphatic heterocycles. The second kappa shape index (κ2) is 9.03. The predicted molar refractivity (Wildman–Crippen MR) is 141 cm³/mol. The van der Waals surface area contributed by atoms with Crippen LogP contribution in [0.15, 0.2) is 127 Å². The van der Waals surface area contributed by atoms with E-state index in [2.05, 4.69) is 115 Å². The number of hydrogen-bond donors (Lipinski definition) is 0. The van der Waals surface area contributed by atoms with Gasteiger partial charge >= 0.3 is 0 Å². The van der Waals surface area contributed by atoms with Crippen molar-refractivity contribution < 1.29 is 4.74 Å². The molecule has 0 N–H and O–H groups in total. The van der Waals surface area contributed by atoms with E-state index in [9.17, 15) is 0 Å². The highest BCUT2D eigenvalue weighted by Crippen LogP contribution is 2.45. The Morgan fingerprint density at radius 2 is 1.26 bits per heavy atom. The van der Waals surface area contributed by atoms with Crippen LogP contribution in [0.2, 0.25) is 0 Å². The minimum Gasteiger partial charge on any atom is -0.488 e. The maximum atomic E-state index is 6.52. The fourth-order valence-corrected chi connectivity index (χ4v) is 5.10. The third-order valence-electron chi connectivity index (χ3n) is 6.68. The summed E-state index contributed by atoms with van der Waals surface area (Å²) in [6, 6.07) is 43.0. The Kier molecular flexibility index (Phi) is 5.45. The molecule has 164 valence electrons. The van der Waals surface area contributed by atoms with Gasteiger partial charge in [-0.15, -0.1) is 0 Å². The van der Waals surface area contributed by atoms with Gasteiger partial charge in [-0.2, -0.15) is 0 Å². The molecule has 0 heterocycles. The zero-order chi connectivity index (χ0) is 22.7. The van der Waals surface area contributed by atoms with Crippen molar-refractivity contribution in [1.29, 1.82) is 0 Å². The molecular weight excluding hydrogens is 412 g/mol. The second-order valence-corrected chi connectivity index (χ2v) is 8.91. The summed E-state index contributed by atoms with van der Waals surface area (Å²) in [4.78, 5) is 0. The summed E-state index contributed by atoms with van der Waals surface area (Å²) < 4.78 is 6.52.